The van der Waals surface area contributed by atoms with Crippen molar-refractivity contribution in [1.29, 1.82) is 0 Å². The first kappa shape index (κ1) is 18.8. The van der Waals surface area contributed by atoms with Crippen LogP contribution < -0.4 is 10.2 Å². The molecule has 148 valence electrons. The number of piperazine rings is 1. The van der Waals surface area contributed by atoms with Gasteiger partial charge in [0.15, 0.2) is 0 Å². The molecule has 0 radical (unpaired) electrons. The predicted molar refractivity (Wildman–Crippen MR) is 111 cm³/mol. The third-order valence-corrected chi connectivity index (χ3v) is 5.02. The zero-order valence-corrected chi connectivity index (χ0v) is 16.5. The van der Waals surface area contributed by atoms with E-state index in [0.717, 1.165) is 16.8 Å². The van der Waals surface area contributed by atoms with Gasteiger partial charge in [0.05, 0.1) is 5.56 Å². The number of hydrogen-bond donors (Lipinski definition) is 1. The van der Waals surface area contributed by atoms with E-state index in [0.29, 0.717) is 43.6 Å². The summed E-state index contributed by atoms with van der Waals surface area (Å²) in [6.45, 7) is 6.69. The monoisotopic (exact) mass is 389 g/mol. The van der Waals surface area contributed by atoms with Crippen LogP contribution in [0.15, 0.2) is 49.1 Å². The minimum atomic E-state index is -0.0581. The number of hydrogen-bond acceptors (Lipinski definition) is 7. The molecule has 1 N–H and O–H groups in total. The van der Waals surface area contributed by atoms with Crippen LogP contribution in [-0.2, 0) is 0 Å². The molecule has 29 heavy (non-hydrogen) atoms. The van der Waals surface area contributed by atoms with E-state index in [9.17, 15) is 4.79 Å². The molecule has 8 nitrogen and oxygen atoms in total. The molecule has 3 heterocycles. The second-order valence-electron chi connectivity index (χ2n) is 7.02. The Hall–Kier alpha value is -3.55. The summed E-state index contributed by atoms with van der Waals surface area (Å²) in [6.07, 6.45) is 6.62. The first-order valence-corrected chi connectivity index (χ1v) is 9.58. The maximum Gasteiger partial charge on any atom is 0.257 e. The Kier molecular flexibility index (Phi) is 5.33. The summed E-state index contributed by atoms with van der Waals surface area (Å²) in [5.74, 6) is 1.12. The number of rotatable bonds is 4. The molecule has 1 amide bonds. The Morgan fingerprint density at radius 3 is 2.14 bits per heavy atom. The lowest BCUT2D eigenvalue weighted by molar-refractivity contribution is 0.0745. The Bertz CT molecular complexity index is 963. The van der Waals surface area contributed by atoms with Crippen LogP contribution in [-0.4, -0.2) is 56.9 Å². The number of benzene rings is 1. The molecule has 1 aromatic carbocycles. The summed E-state index contributed by atoms with van der Waals surface area (Å²) in [7, 11) is 0. The summed E-state index contributed by atoms with van der Waals surface area (Å²) in [4.78, 5) is 33.9. The van der Waals surface area contributed by atoms with Crippen molar-refractivity contribution < 1.29 is 4.79 Å². The molecule has 3 aromatic rings. The third kappa shape index (κ3) is 4.16. The molecule has 4 rings (SSSR count). The van der Waals surface area contributed by atoms with Gasteiger partial charge < -0.3 is 15.1 Å². The maximum absolute atomic E-state index is 12.8. The number of aromatic nitrogens is 4. The Labute approximate surface area is 169 Å². The van der Waals surface area contributed by atoms with Gasteiger partial charge in [0.2, 0.25) is 11.9 Å². The van der Waals surface area contributed by atoms with E-state index in [4.69, 9.17) is 0 Å². The van der Waals surface area contributed by atoms with E-state index >= 15 is 0 Å². The topological polar surface area (TPSA) is 87.1 Å². The molecule has 0 atom stereocenters. The Balaban J connectivity index is 1.39. The first-order chi connectivity index (χ1) is 14.1. The van der Waals surface area contributed by atoms with Crippen molar-refractivity contribution >= 4 is 23.5 Å². The van der Waals surface area contributed by atoms with E-state index in [1.165, 1.54) is 0 Å². The van der Waals surface area contributed by atoms with Gasteiger partial charge in [0.1, 0.15) is 0 Å². The minimum absolute atomic E-state index is 0.0581. The standard InChI is InChI=1S/C21H23N7O/c1-15-5-3-6-16(2)18(15)26-20-24-13-17(14-25-20)19(29)27-9-11-28(12-10-27)21-22-7-4-8-23-21/h3-8,13-14H,9-12H2,1-2H3,(H,24,25,26). The second kappa shape index (κ2) is 8.22. The number of nitrogens with zero attached hydrogens (tertiary/aromatic N) is 6. The van der Waals surface area contributed by atoms with Crippen molar-refractivity contribution in [2.45, 2.75) is 13.8 Å². The Morgan fingerprint density at radius 1 is 0.897 bits per heavy atom. The molecule has 0 saturated carbocycles. The lowest BCUT2D eigenvalue weighted by atomic mass is 10.1. The van der Waals surface area contributed by atoms with Gasteiger partial charge in [-0.3, -0.25) is 4.79 Å². The molecule has 0 aliphatic carbocycles. The molecule has 1 saturated heterocycles. The SMILES string of the molecule is Cc1cccc(C)c1Nc1ncc(C(=O)N2CCN(c3ncccn3)CC2)cn1. The van der Waals surface area contributed by atoms with Crippen molar-refractivity contribution in [3.8, 4) is 0 Å². The zero-order chi connectivity index (χ0) is 20.2. The predicted octanol–water partition coefficient (Wildman–Crippen LogP) is 2.59. The fourth-order valence-electron chi connectivity index (χ4n) is 3.37. The molecular formula is C21H23N7O. The van der Waals surface area contributed by atoms with Gasteiger partial charge in [-0.25, -0.2) is 19.9 Å². The number of carbonyl (C=O) groups excluding carboxylic acids is 1. The molecule has 1 fully saturated rings. The van der Waals surface area contributed by atoms with Crippen LogP contribution in [0.25, 0.3) is 0 Å². The molecule has 8 heteroatoms. The molecule has 1 aliphatic heterocycles. The largest absolute Gasteiger partial charge is 0.337 e. The lowest BCUT2D eigenvalue weighted by Gasteiger charge is -2.34. The highest BCUT2D eigenvalue weighted by atomic mass is 16.2. The van der Waals surface area contributed by atoms with E-state index in [-0.39, 0.29) is 5.91 Å². The second-order valence-corrected chi connectivity index (χ2v) is 7.02. The number of nitrogens with one attached hydrogen (secondary N) is 1. The fourth-order valence-corrected chi connectivity index (χ4v) is 3.37. The van der Waals surface area contributed by atoms with Gasteiger partial charge in [-0.15, -0.1) is 0 Å². The highest BCUT2D eigenvalue weighted by molar-refractivity contribution is 5.93. The van der Waals surface area contributed by atoms with E-state index in [2.05, 4.69) is 30.2 Å². The number of carbonyl (C=O) groups is 1. The average Bonchev–Trinajstić information content (AvgIpc) is 2.77. The van der Waals surface area contributed by atoms with E-state index < -0.39 is 0 Å². The highest BCUT2D eigenvalue weighted by Crippen LogP contribution is 2.22. The molecule has 1 aliphatic rings. The van der Waals surface area contributed by atoms with Gasteiger partial charge in [0, 0.05) is 56.7 Å². The van der Waals surface area contributed by atoms with Crippen molar-refractivity contribution in [3.05, 3.63) is 65.7 Å². The molecular weight excluding hydrogens is 366 g/mol. The molecule has 0 unspecified atom stereocenters. The molecule has 2 aromatic heterocycles. The van der Waals surface area contributed by atoms with Crippen LogP contribution in [0, 0.1) is 13.8 Å². The zero-order valence-electron chi connectivity index (χ0n) is 16.5. The summed E-state index contributed by atoms with van der Waals surface area (Å²) < 4.78 is 0. The van der Waals surface area contributed by atoms with Crippen molar-refractivity contribution in [2.24, 2.45) is 0 Å². The number of amides is 1. The van der Waals surface area contributed by atoms with Gasteiger partial charge in [-0.05, 0) is 31.0 Å². The van der Waals surface area contributed by atoms with Crippen LogP contribution >= 0.6 is 0 Å². The van der Waals surface area contributed by atoms with Gasteiger partial charge in [-0.1, -0.05) is 18.2 Å². The number of para-hydroxylation sites is 1. The average molecular weight is 389 g/mol. The van der Waals surface area contributed by atoms with Crippen molar-refractivity contribution in [3.63, 3.8) is 0 Å². The smallest absolute Gasteiger partial charge is 0.257 e. The van der Waals surface area contributed by atoms with Gasteiger partial charge in [-0.2, -0.15) is 0 Å². The maximum atomic E-state index is 12.8. The quantitative estimate of drug-likeness (QED) is 0.734. The van der Waals surface area contributed by atoms with E-state index in [1.807, 2.05) is 36.9 Å². The molecule has 0 spiro atoms. The number of anilines is 3. The van der Waals surface area contributed by atoms with Crippen LogP contribution in [0.3, 0.4) is 0 Å². The summed E-state index contributed by atoms with van der Waals surface area (Å²) in [5.41, 5.74) is 3.72. The fraction of sp³-hybridized carbons (Fsp3) is 0.286. The summed E-state index contributed by atoms with van der Waals surface area (Å²) in [5, 5.41) is 3.24. The first-order valence-electron chi connectivity index (χ1n) is 9.58. The number of aryl methyl sites for hydroxylation is 2. The lowest BCUT2D eigenvalue weighted by Crippen LogP contribution is -2.49. The van der Waals surface area contributed by atoms with Crippen LogP contribution in [0.4, 0.5) is 17.6 Å². The van der Waals surface area contributed by atoms with Crippen LogP contribution in [0.2, 0.25) is 0 Å². The van der Waals surface area contributed by atoms with Gasteiger partial charge in [0.25, 0.3) is 5.91 Å². The van der Waals surface area contributed by atoms with E-state index in [1.54, 1.807) is 30.9 Å². The summed E-state index contributed by atoms with van der Waals surface area (Å²) in [6, 6.07) is 7.88. The minimum Gasteiger partial charge on any atom is -0.337 e. The Morgan fingerprint density at radius 2 is 1.52 bits per heavy atom. The molecule has 0 bridgehead atoms. The van der Waals surface area contributed by atoms with Crippen LogP contribution in [0.1, 0.15) is 21.5 Å². The van der Waals surface area contributed by atoms with Crippen LogP contribution in [0.5, 0.6) is 0 Å². The van der Waals surface area contributed by atoms with Gasteiger partial charge >= 0.3 is 0 Å². The van der Waals surface area contributed by atoms with Crippen molar-refractivity contribution in [1.82, 2.24) is 24.8 Å². The third-order valence-electron chi connectivity index (χ3n) is 5.02. The van der Waals surface area contributed by atoms with Crippen molar-refractivity contribution in [2.75, 3.05) is 36.4 Å². The normalized spacial score (nSPS) is 14.0. The summed E-state index contributed by atoms with van der Waals surface area (Å²) >= 11 is 0. The highest BCUT2D eigenvalue weighted by Gasteiger charge is 2.23.